The third kappa shape index (κ3) is 2.32. The molecule has 0 radical (unpaired) electrons. The molecule has 4 nitrogen and oxygen atoms in total. The topological polar surface area (TPSA) is 63.6 Å². The standard InChI is InChI=1S/C10H11NO3S/c1-8(2)15(13,14)10-6-4-3-5-9(10)11-7-12/h3-6,8H,1-2H3. The number of isocyanates is 1. The summed E-state index contributed by atoms with van der Waals surface area (Å²) in [7, 11) is -3.40. The summed E-state index contributed by atoms with van der Waals surface area (Å²) in [6.45, 7) is 3.16. The van der Waals surface area contributed by atoms with Crippen LogP contribution in [0, 0.1) is 0 Å². The summed E-state index contributed by atoms with van der Waals surface area (Å²) in [5.41, 5.74) is 0.140. The lowest BCUT2D eigenvalue weighted by molar-refractivity contribution is 0.565. The highest BCUT2D eigenvalue weighted by Crippen LogP contribution is 2.26. The van der Waals surface area contributed by atoms with Crippen molar-refractivity contribution in [3.05, 3.63) is 24.3 Å². The van der Waals surface area contributed by atoms with Crippen molar-refractivity contribution in [3.8, 4) is 0 Å². The average molecular weight is 225 g/mol. The summed E-state index contributed by atoms with van der Waals surface area (Å²) in [4.78, 5) is 13.6. The van der Waals surface area contributed by atoms with Gasteiger partial charge in [0.1, 0.15) is 0 Å². The number of rotatable bonds is 3. The zero-order valence-corrected chi connectivity index (χ0v) is 9.28. The van der Waals surface area contributed by atoms with Crippen LogP contribution in [0.3, 0.4) is 0 Å². The lowest BCUT2D eigenvalue weighted by Gasteiger charge is -2.08. The zero-order chi connectivity index (χ0) is 11.5. The first-order valence-corrected chi connectivity index (χ1v) is 5.95. The van der Waals surface area contributed by atoms with Crippen LogP contribution in [-0.2, 0) is 14.6 Å². The summed E-state index contributed by atoms with van der Waals surface area (Å²) in [6.07, 6.45) is 1.35. The maximum atomic E-state index is 11.8. The van der Waals surface area contributed by atoms with Crippen LogP contribution in [0.1, 0.15) is 13.8 Å². The van der Waals surface area contributed by atoms with E-state index in [4.69, 9.17) is 0 Å². The molecule has 0 unspecified atom stereocenters. The molecule has 0 fully saturated rings. The fourth-order valence-electron chi connectivity index (χ4n) is 1.09. The van der Waals surface area contributed by atoms with E-state index in [2.05, 4.69) is 4.99 Å². The summed E-state index contributed by atoms with van der Waals surface area (Å²) in [5.74, 6) is 0. The summed E-state index contributed by atoms with van der Waals surface area (Å²) < 4.78 is 23.7. The molecule has 1 aromatic rings. The maximum Gasteiger partial charge on any atom is 0.240 e. The molecule has 0 saturated heterocycles. The summed E-state index contributed by atoms with van der Waals surface area (Å²) in [6, 6.07) is 6.13. The molecule has 1 aromatic carbocycles. The van der Waals surface area contributed by atoms with E-state index in [1.165, 1.54) is 18.2 Å². The second kappa shape index (κ2) is 4.38. The smallest absolute Gasteiger partial charge is 0.223 e. The van der Waals surface area contributed by atoms with Gasteiger partial charge in [0, 0.05) is 0 Å². The largest absolute Gasteiger partial charge is 0.240 e. The molecule has 0 atom stereocenters. The highest BCUT2D eigenvalue weighted by Gasteiger charge is 2.22. The number of hydrogen-bond acceptors (Lipinski definition) is 4. The van der Waals surface area contributed by atoms with Crippen LogP contribution in [0.5, 0.6) is 0 Å². The molecule has 0 aliphatic carbocycles. The van der Waals surface area contributed by atoms with Gasteiger partial charge in [-0.05, 0) is 26.0 Å². The Morgan fingerprint density at radius 1 is 1.27 bits per heavy atom. The lowest BCUT2D eigenvalue weighted by atomic mass is 10.3. The van der Waals surface area contributed by atoms with Crippen molar-refractivity contribution < 1.29 is 13.2 Å². The molecule has 0 bridgehead atoms. The third-order valence-corrected chi connectivity index (χ3v) is 4.16. The Hall–Kier alpha value is -1.45. The molecule has 0 aromatic heterocycles. The van der Waals surface area contributed by atoms with Crippen LogP contribution in [0.4, 0.5) is 5.69 Å². The normalized spacial score (nSPS) is 11.1. The SMILES string of the molecule is CC(C)S(=O)(=O)c1ccccc1N=C=O. The fourth-order valence-corrected chi connectivity index (χ4v) is 2.27. The van der Waals surface area contributed by atoms with Gasteiger partial charge >= 0.3 is 0 Å². The molecule has 80 valence electrons. The average Bonchev–Trinajstić information content (AvgIpc) is 2.18. The molecule has 0 heterocycles. The van der Waals surface area contributed by atoms with Crippen LogP contribution in [0.2, 0.25) is 0 Å². The Labute approximate surface area is 88.6 Å². The van der Waals surface area contributed by atoms with Crippen LogP contribution in [-0.4, -0.2) is 19.7 Å². The minimum Gasteiger partial charge on any atom is -0.223 e. The van der Waals surface area contributed by atoms with E-state index in [-0.39, 0.29) is 10.6 Å². The second-order valence-corrected chi connectivity index (χ2v) is 5.74. The van der Waals surface area contributed by atoms with Crippen molar-refractivity contribution >= 4 is 21.6 Å². The van der Waals surface area contributed by atoms with Crippen molar-refractivity contribution in [2.24, 2.45) is 4.99 Å². The van der Waals surface area contributed by atoms with Gasteiger partial charge in [-0.2, -0.15) is 4.99 Å². The van der Waals surface area contributed by atoms with Gasteiger partial charge in [0.05, 0.1) is 15.8 Å². The van der Waals surface area contributed by atoms with E-state index in [1.54, 1.807) is 26.0 Å². The predicted molar refractivity (Wildman–Crippen MR) is 56.5 cm³/mol. The van der Waals surface area contributed by atoms with Gasteiger partial charge in [0.2, 0.25) is 6.08 Å². The Morgan fingerprint density at radius 3 is 2.40 bits per heavy atom. The van der Waals surface area contributed by atoms with Gasteiger partial charge in [-0.15, -0.1) is 0 Å². The monoisotopic (exact) mass is 225 g/mol. The summed E-state index contributed by atoms with van der Waals surface area (Å²) >= 11 is 0. The molecule has 1 rings (SSSR count). The molecule has 0 amide bonds. The number of carbonyl (C=O) groups excluding carboxylic acids is 1. The molecule has 0 aliphatic rings. The van der Waals surface area contributed by atoms with Crippen molar-refractivity contribution in [1.29, 1.82) is 0 Å². The van der Waals surface area contributed by atoms with E-state index in [0.717, 1.165) is 0 Å². The van der Waals surface area contributed by atoms with Crippen molar-refractivity contribution in [2.45, 2.75) is 24.0 Å². The highest BCUT2D eigenvalue weighted by molar-refractivity contribution is 7.92. The van der Waals surface area contributed by atoms with Crippen LogP contribution >= 0.6 is 0 Å². The molecule has 15 heavy (non-hydrogen) atoms. The minimum absolute atomic E-state index is 0.0725. The number of para-hydroxylation sites is 1. The number of sulfone groups is 1. The number of benzene rings is 1. The number of aliphatic imine (C=N–C) groups is 1. The van der Waals surface area contributed by atoms with Crippen molar-refractivity contribution in [2.75, 3.05) is 0 Å². The van der Waals surface area contributed by atoms with Crippen LogP contribution < -0.4 is 0 Å². The first kappa shape index (κ1) is 11.6. The predicted octanol–water partition coefficient (Wildman–Crippen LogP) is 1.84. The van der Waals surface area contributed by atoms with Gasteiger partial charge in [-0.3, -0.25) is 0 Å². The number of hydrogen-bond donors (Lipinski definition) is 0. The third-order valence-electron chi connectivity index (χ3n) is 1.96. The Balaban J connectivity index is 3.44. The quantitative estimate of drug-likeness (QED) is 0.582. The van der Waals surface area contributed by atoms with Gasteiger partial charge in [0.25, 0.3) is 0 Å². The van der Waals surface area contributed by atoms with E-state index >= 15 is 0 Å². The van der Waals surface area contributed by atoms with Gasteiger partial charge in [-0.1, -0.05) is 12.1 Å². The highest BCUT2D eigenvalue weighted by atomic mass is 32.2. The molecule has 0 saturated carbocycles. The minimum atomic E-state index is -3.40. The van der Waals surface area contributed by atoms with E-state index in [0.29, 0.717) is 0 Å². The molecule has 0 aliphatic heterocycles. The Bertz CT molecular complexity index is 499. The molecule has 5 heteroatoms. The summed E-state index contributed by atoms with van der Waals surface area (Å²) in [5, 5.41) is -0.541. The fraction of sp³-hybridized carbons (Fsp3) is 0.300. The molecular formula is C10H11NO3S. The van der Waals surface area contributed by atoms with E-state index in [9.17, 15) is 13.2 Å². The van der Waals surface area contributed by atoms with Gasteiger partial charge < -0.3 is 0 Å². The maximum absolute atomic E-state index is 11.8. The molecule has 0 N–H and O–H groups in total. The lowest BCUT2D eigenvalue weighted by Crippen LogP contribution is -2.13. The first-order valence-electron chi connectivity index (χ1n) is 4.41. The van der Waals surface area contributed by atoms with Crippen molar-refractivity contribution in [3.63, 3.8) is 0 Å². The van der Waals surface area contributed by atoms with E-state index in [1.807, 2.05) is 0 Å². The second-order valence-electron chi connectivity index (χ2n) is 3.26. The zero-order valence-electron chi connectivity index (χ0n) is 8.47. The van der Waals surface area contributed by atoms with Gasteiger partial charge in [0.15, 0.2) is 9.84 Å². The Morgan fingerprint density at radius 2 is 1.87 bits per heavy atom. The van der Waals surface area contributed by atoms with Crippen LogP contribution in [0.15, 0.2) is 34.2 Å². The first-order chi connectivity index (χ1) is 7.00. The molecular weight excluding hydrogens is 214 g/mol. The van der Waals surface area contributed by atoms with Crippen molar-refractivity contribution in [1.82, 2.24) is 0 Å². The van der Waals surface area contributed by atoms with Gasteiger partial charge in [-0.25, -0.2) is 13.2 Å². The van der Waals surface area contributed by atoms with Crippen LogP contribution in [0.25, 0.3) is 0 Å². The Kier molecular flexibility index (Phi) is 3.39. The molecule has 0 spiro atoms. The van der Waals surface area contributed by atoms with E-state index < -0.39 is 15.1 Å². The number of nitrogens with zero attached hydrogens (tertiary/aromatic N) is 1.